The second kappa shape index (κ2) is 6.93. The molecule has 1 N–H and O–H groups in total. The van der Waals surface area contributed by atoms with E-state index in [4.69, 9.17) is 0 Å². The Hall–Kier alpha value is -2.05. The molecule has 2 saturated heterocycles. The van der Waals surface area contributed by atoms with Crippen LogP contribution in [-0.4, -0.2) is 34.9 Å². The van der Waals surface area contributed by atoms with E-state index >= 15 is 0 Å². The Morgan fingerprint density at radius 3 is 2.54 bits per heavy atom. The van der Waals surface area contributed by atoms with Gasteiger partial charge in [0.25, 0.3) is 0 Å². The van der Waals surface area contributed by atoms with Crippen molar-refractivity contribution in [3.05, 3.63) is 53.9 Å². The predicted octanol–water partition coefficient (Wildman–Crippen LogP) is 3.47. The highest BCUT2D eigenvalue weighted by Crippen LogP contribution is 2.39. The molecule has 0 bridgehead atoms. The normalized spacial score (nSPS) is 25.0. The largest absolute Gasteiger partial charge is 0.344 e. The summed E-state index contributed by atoms with van der Waals surface area (Å²) >= 11 is 0. The lowest BCUT2D eigenvalue weighted by atomic mass is 9.96. The van der Waals surface area contributed by atoms with Crippen LogP contribution in [0.5, 0.6) is 0 Å². The molecule has 2 aliphatic heterocycles. The Morgan fingerprint density at radius 1 is 1.15 bits per heavy atom. The van der Waals surface area contributed by atoms with Crippen LogP contribution in [0.1, 0.15) is 31.0 Å². The topological polar surface area (TPSA) is 45.2 Å². The van der Waals surface area contributed by atoms with E-state index in [1.165, 1.54) is 12.1 Å². The van der Waals surface area contributed by atoms with Crippen LogP contribution in [0.2, 0.25) is 0 Å². The molecule has 0 aliphatic carbocycles. The fourth-order valence-corrected chi connectivity index (χ4v) is 3.93. The van der Waals surface area contributed by atoms with E-state index in [2.05, 4.69) is 10.3 Å². The quantitative estimate of drug-likeness (QED) is 0.869. The van der Waals surface area contributed by atoms with Crippen molar-refractivity contribution in [2.45, 2.75) is 30.8 Å². The molecule has 138 valence electrons. The molecule has 0 radical (unpaired) electrons. The summed E-state index contributed by atoms with van der Waals surface area (Å²) in [6.07, 6.45) is 4.03. The zero-order chi connectivity index (χ0) is 17.6. The van der Waals surface area contributed by atoms with Gasteiger partial charge in [0.2, 0.25) is 5.91 Å². The van der Waals surface area contributed by atoms with E-state index in [9.17, 15) is 13.6 Å². The Bertz CT molecular complexity index is 827. The number of nitrogens with zero attached hydrogens (tertiary/aromatic N) is 2. The van der Waals surface area contributed by atoms with Crippen LogP contribution < -0.4 is 5.32 Å². The number of benzene rings is 1. The maximum Gasteiger partial charge on any atom is 0.242 e. The third-order valence-electron chi connectivity index (χ3n) is 5.27. The summed E-state index contributed by atoms with van der Waals surface area (Å²) in [6.45, 7) is 0.759. The molecule has 7 heteroatoms. The Morgan fingerprint density at radius 2 is 1.88 bits per heavy atom. The minimum atomic E-state index is -0.606. The fourth-order valence-electron chi connectivity index (χ4n) is 3.93. The van der Waals surface area contributed by atoms with E-state index in [0.717, 1.165) is 37.6 Å². The van der Waals surface area contributed by atoms with Crippen molar-refractivity contribution in [1.82, 2.24) is 15.2 Å². The minimum absolute atomic E-state index is 0. The summed E-state index contributed by atoms with van der Waals surface area (Å²) < 4.78 is 27.0. The first kappa shape index (κ1) is 18.7. The second-order valence-electron chi connectivity index (χ2n) is 6.92. The maximum atomic E-state index is 13.5. The van der Waals surface area contributed by atoms with Gasteiger partial charge in [0.05, 0.1) is 11.7 Å². The summed E-state index contributed by atoms with van der Waals surface area (Å²) in [4.78, 5) is 18.6. The van der Waals surface area contributed by atoms with Crippen LogP contribution in [0, 0.1) is 11.6 Å². The van der Waals surface area contributed by atoms with Crippen molar-refractivity contribution in [2.24, 2.45) is 0 Å². The summed E-state index contributed by atoms with van der Waals surface area (Å²) in [7, 11) is 1.82. The molecule has 2 aromatic rings. The molecule has 3 heterocycles. The lowest BCUT2D eigenvalue weighted by Gasteiger charge is -2.23. The number of carbonyl (C=O) groups excluding carboxylic acids is 1. The zero-order valence-electron chi connectivity index (χ0n) is 14.3. The molecule has 0 unspecified atom stereocenters. The van der Waals surface area contributed by atoms with Crippen LogP contribution >= 0.6 is 12.4 Å². The molecular formula is C19H20ClF2N3O. The van der Waals surface area contributed by atoms with Crippen molar-refractivity contribution in [3.8, 4) is 11.1 Å². The number of hydrogen-bond acceptors (Lipinski definition) is 3. The number of amides is 1. The molecule has 4 nitrogen and oxygen atoms in total. The highest BCUT2D eigenvalue weighted by atomic mass is 35.5. The highest BCUT2D eigenvalue weighted by Gasteiger charge is 2.50. The van der Waals surface area contributed by atoms with E-state index in [-0.39, 0.29) is 24.4 Å². The van der Waals surface area contributed by atoms with E-state index in [1.807, 2.05) is 13.1 Å². The number of rotatable bonds is 2. The Labute approximate surface area is 157 Å². The number of pyridine rings is 1. The number of likely N-dealkylation sites (tertiary alicyclic amines) is 1. The van der Waals surface area contributed by atoms with Crippen LogP contribution in [0.25, 0.3) is 11.1 Å². The Balaban J connectivity index is 0.00000196. The standard InChI is InChI=1S/C19H19F2N3O.ClH/c1-24-7-5-19(18(24)25)4-2-16(23-19)17-10-12(3-6-22-17)13-8-14(20)11-15(21)9-13;/h3,6,8-11,16,23H,2,4-5,7H2,1H3;1H/t16-,19+;/m1./s1. The molecule has 0 saturated carbocycles. The number of likely N-dealkylation sites (N-methyl/N-ethyl adjacent to an activating group) is 1. The van der Waals surface area contributed by atoms with Gasteiger partial charge in [0.15, 0.2) is 0 Å². The first-order valence-corrected chi connectivity index (χ1v) is 8.43. The molecule has 26 heavy (non-hydrogen) atoms. The van der Waals surface area contributed by atoms with Gasteiger partial charge in [0.1, 0.15) is 17.2 Å². The van der Waals surface area contributed by atoms with Crippen LogP contribution in [-0.2, 0) is 4.79 Å². The monoisotopic (exact) mass is 379 g/mol. The second-order valence-corrected chi connectivity index (χ2v) is 6.92. The third-order valence-corrected chi connectivity index (χ3v) is 5.27. The lowest BCUT2D eigenvalue weighted by molar-refractivity contribution is -0.131. The summed E-state index contributed by atoms with van der Waals surface area (Å²) in [5.74, 6) is -1.07. The first-order valence-electron chi connectivity index (χ1n) is 8.43. The molecule has 4 rings (SSSR count). The van der Waals surface area contributed by atoms with Gasteiger partial charge < -0.3 is 4.90 Å². The van der Waals surface area contributed by atoms with Gasteiger partial charge in [-0.1, -0.05) is 0 Å². The molecule has 1 aromatic carbocycles. The van der Waals surface area contributed by atoms with E-state index < -0.39 is 17.2 Å². The van der Waals surface area contributed by atoms with Crippen molar-refractivity contribution < 1.29 is 13.6 Å². The molecule has 2 aliphatic rings. The van der Waals surface area contributed by atoms with Crippen LogP contribution in [0.3, 0.4) is 0 Å². The Kier molecular flexibility index (Phi) is 4.99. The number of nitrogens with one attached hydrogen (secondary N) is 1. The molecule has 2 fully saturated rings. The number of halogens is 3. The molecule has 1 amide bonds. The van der Waals surface area contributed by atoms with Gasteiger partial charge in [-0.25, -0.2) is 8.78 Å². The van der Waals surface area contributed by atoms with Crippen LogP contribution in [0.15, 0.2) is 36.5 Å². The van der Waals surface area contributed by atoms with E-state index in [1.54, 1.807) is 17.2 Å². The van der Waals surface area contributed by atoms with Crippen molar-refractivity contribution >= 4 is 18.3 Å². The molecule has 2 atom stereocenters. The average molecular weight is 380 g/mol. The number of aromatic nitrogens is 1. The van der Waals surface area contributed by atoms with Gasteiger partial charge in [-0.3, -0.25) is 15.1 Å². The molecule has 1 aromatic heterocycles. The SMILES string of the molecule is CN1CC[C@@]2(CC[C@H](c3cc(-c4cc(F)cc(F)c4)ccn3)N2)C1=O.Cl. The van der Waals surface area contributed by atoms with Crippen molar-refractivity contribution in [3.63, 3.8) is 0 Å². The molecule has 1 spiro atoms. The fraction of sp³-hybridized carbons (Fsp3) is 0.368. The lowest BCUT2D eigenvalue weighted by Crippen LogP contribution is -2.47. The highest BCUT2D eigenvalue weighted by molar-refractivity contribution is 5.88. The van der Waals surface area contributed by atoms with Gasteiger partial charge in [0, 0.05) is 25.9 Å². The summed E-state index contributed by atoms with van der Waals surface area (Å²) in [6, 6.07) is 7.01. The smallest absolute Gasteiger partial charge is 0.242 e. The maximum absolute atomic E-state index is 13.5. The number of hydrogen-bond donors (Lipinski definition) is 1. The zero-order valence-corrected chi connectivity index (χ0v) is 15.2. The first-order chi connectivity index (χ1) is 12.0. The van der Waals surface area contributed by atoms with Crippen LogP contribution in [0.4, 0.5) is 8.78 Å². The minimum Gasteiger partial charge on any atom is -0.344 e. The van der Waals surface area contributed by atoms with Gasteiger partial charge in [-0.05, 0) is 54.7 Å². The predicted molar refractivity (Wildman–Crippen MR) is 96.9 cm³/mol. The van der Waals surface area contributed by atoms with Gasteiger partial charge >= 0.3 is 0 Å². The van der Waals surface area contributed by atoms with Gasteiger partial charge in [-0.2, -0.15) is 0 Å². The summed E-state index contributed by atoms with van der Waals surface area (Å²) in [5, 5.41) is 3.46. The van der Waals surface area contributed by atoms with Crippen molar-refractivity contribution in [2.75, 3.05) is 13.6 Å². The molecular weight excluding hydrogens is 360 g/mol. The van der Waals surface area contributed by atoms with Gasteiger partial charge in [-0.15, -0.1) is 12.4 Å². The summed E-state index contributed by atoms with van der Waals surface area (Å²) in [5.41, 5.74) is 1.50. The van der Waals surface area contributed by atoms with E-state index in [0.29, 0.717) is 11.1 Å². The average Bonchev–Trinajstić information content (AvgIpc) is 3.14. The van der Waals surface area contributed by atoms with Crippen molar-refractivity contribution in [1.29, 1.82) is 0 Å². The third kappa shape index (κ3) is 3.19. The number of carbonyl (C=O) groups is 1.